The number of rotatable bonds is 9. The molecule has 0 saturated heterocycles. The maximum absolute atomic E-state index is 12.5. The van der Waals surface area contributed by atoms with E-state index in [1.54, 1.807) is 12.1 Å². The van der Waals surface area contributed by atoms with Gasteiger partial charge >= 0.3 is 0 Å². The Hall–Kier alpha value is -2.65. The van der Waals surface area contributed by atoms with Crippen LogP contribution < -0.4 is 14.9 Å². The number of sulfonamides is 1. The van der Waals surface area contributed by atoms with Crippen LogP contribution in [0, 0.1) is 0 Å². The predicted molar refractivity (Wildman–Crippen MR) is 112 cm³/mol. The summed E-state index contributed by atoms with van der Waals surface area (Å²) in [5, 5.41) is 4.33. The number of nitrogens with zero attached hydrogens (tertiary/aromatic N) is 3. The summed E-state index contributed by atoms with van der Waals surface area (Å²) in [7, 11) is -3.50. The number of hydrogen-bond donors (Lipinski definition) is 1. The quantitative estimate of drug-likeness (QED) is 0.496. The van der Waals surface area contributed by atoms with Gasteiger partial charge in [-0.05, 0) is 49.6 Å². The van der Waals surface area contributed by atoms with Gasteiger partial charge in [-0.1, -0.05) is 19.9 Å². The molecule has 0 bridgehead atoms. The molecule has 3 rings (SSSR count). The van der Waals surface area contributed by atoms with E-state index in [0.29, 0.717) is 18.9 Å². The van der Waals surface area contributed by atoms with Crippen LogP contribution in [0.15, 0.2) is 46.5 Å². The van der Waals surface area contributed by atoms with Crippen molar-refractivity contribution in [2.75, 3.05) is 25.3 Å². The molecule has 0 saturated carbocycles. The van der Waals surface area contributed by atoms with Crippen LogP contribution in [0.4, 0.5) is 5.82 Å². The Morgan fingerprint density at radius 2 is 1.93 bits per heavy atom. The van der Waals surface area contributed by atoms with Crippen molar-refractivity contribution in [3.05, 3.63) is 42.1 Å². The number of hydrogen-bond acceptors (Lipinski definition) is 7. The summed E-state index contributed by atoms with van der Waals surface area (Å²) in [4.78, 5) is 4.35. The minimum atomic E-state index is -3.50. The molecule has 0 spiro atoms. The zero-order valence-corrected chi connectivity index (χ0v) is 17.7. The minimum absolute atomic E-state index is 0.176. The Balaban J connectivity index is 1.56. The van der Waals surface area contributed by atoms with E-state index in [2.05, 4.69) is 15.5 Å². The third-order valence-electron chi connectivity index (χ3n) is 4.65. The maximum Gasteiger partial charge on any atom is 0.244 e. The van der Waals surface area contributed by atoms with Crippen molar-refractivity contribution in [1.29, 1.82) is 0 Å². The highest BCUT2D eigenvalue weighted by Gasteiger charge is 2.21. The number of fused-ring (bicyclic) bond motifs is 1. The molecule has 1 aliphatic rings. The zero-order chi connectivity index (χ0) is 20.9. The molecule has 8 nitrogen and oxygen atoms in total. The first-order valence-electron chi connectivity index (χ1n) is 9.58. The predicted octanol–water partition coefficient (Wildman–Crippen LogP) is 3.26. The fourth-order valence-corrected chi connectivity index (χ4v) is 4.35. The molecular formula is C20H26N4O4S. The number of aromatic nitrogens is 1. The first-order valence-corrected chi connectivity index (χ1v) is 11.0. The monoisotopic (exact) mass is 418 g/mol. The van der Waals surface area contributed by atoms with Crippen molar-refractivity contribution in [2.45, 2.75) is 38.5 Å². The van der Waals surface area contributed by atoms with Crippen molar-refractivity contribution in [2.24, 2.45) is 5.10 Å². The second-order valence-electron chi connectivity index (χ2n) is 6.61. The molecule has 0 fully saturated rings. The van der Waals surface area contributed by atoms with Gasteiger partial charge in [0, 0.05) is 25.0 Å². The van der Waals surface area contributed by atoms with Gasteiger partial charge in [0.2, 0.25) is 16.8 Å². The van der Waals surface area contributed by atoms with E-state index < -0.39 is 10.0 Å². The summed E-state index contributed by atoms with van der Waals surface area (Å²) >= 11 is 0. The van der Waals surface area contributed by atoms with Crippen LogP contribution in [-0.2, 0) is 16.4 Å². The van der Waals surface area contributed by atoms with Gasteiger partial charge in [0.1, 0.15) is 10.7 Å². The number of aryl methyl sites for hydroxylation is 1. The minimum Gasteiger partial charge on any atom is -0.454 e. The molecule has 2 heterocycles. The summed E-state index contributed by atoms with van der Waals surface area (Å²) in [6.07, 6.45) is 2.94. The lowest BCUT2D eigenvalue weighted by Crippen LogP contribution is -2.30. The van der Waals surface area contributed by atoms with Crippen molar-refractivity contribution in [3.63, 3.8) is 0 Å². The van der Waals surface area contributed by atoms with E-state index in [-0.39, 0.29) is 11.7 Å². The molecule has 156 valence electrons. The highest BCUT2D eigenvalue weighted by molar-refractivity contribution is 7.89. The number of pyridine rings is 1. The molecule has 0 aliphatic carbocycles. The van der Waals surface area contributed by atoms with Gasteiger partial charge in [0.15, 0.2) is 11.5 Å². The highest BCUT2D eigenvalue weighted by Crippen LogP contribution is 2.32. The Labute approximate surface area is 171 Å². The van der Waals surface area contributed by atoms with E-state index in [4.69, 9.17) is 9.47 Å². The largest absolute Gasteiger partial charge is 0.454 e. The zero-order valence-electron chi connectivity index (χ0n) is 16.9. The lowest BCUT2D eigenvalue weighted by molar-refractivity contribution is 0.174. The Morgan fingerprint density at radius 1 is 1.17 bits per heavy atom. The Morgan fingerprint density at radius 3 is 2.62 bits per heavy atom. The molecule has 2 aromatic rings. The van der Waals surface area contributed by atoms with Gasteiger partial charge in [-0.3, -0.25) is 5.43 Å². The van der Waals surface area contributed by atoms with Crippen molar-refractivity contribution in [1.82, 2.24) is 9.29 Å². The van der Waals surface area contributed by atoms with Crippen LogP contribution in [0.1, 0.15) is 32.8 Å². The smallest absolute Gasteiger partial charge is 0.244 e. The SMILES string of the molecule is CCN(CC)S(=O)(=O)c1ccc(N/N=C(\C)CCc2ccc3c(c2)OCO3)nc1. The van der Waals surface area contributed by atoms with Crippen LogP contribution in [0.3, 0.4) is 0 Å². The molecule has 1 N–H and O–H groups in total. The van der Waals surface area contributed by atoms with Crippen LogP contribution in [0.2, 0.25) is 0 Å². The van der Waals surface area contributed by atoms with Crippen molar-refractivity contribution in [3.8, 4) is 11.5 Å². The van der Waals surface area contributed by atoms with Crippen LogP contribution >= 0.6 is 0 Å². The molecule has 1 aromatic heterocycles. The third kappa shape index (κ3) is 5.04. The first-order chi connectivity index (χ1) is 13.9. The number of anilines is 1. The maximum atomic E-state index is 12.5. The number of hydrazone groups is 1. The fourth-order valence-electron chi connectivity index (χ4n) is 2.94. The number of ether oxygens (including phenoxy) is 2. The standard InChI is InChI=1S/C20H26N4O4S/c1-4-24(5-2)29(25,26)17-9-11-20(21-13-17)23-22-15(3)6-7-16-8-10-18-19(12-16)28-14-27-18/h8-13H,4-7,14H2,1-3H3,(H,21,23)/b22-15+. The van der Waals surface area contributed by atoms with Gasteiger partial charge in [-0.15, -0.1) is 0 Å². The Bertz CT molecular complexity index is 970. The molecule has 0 amide bonds. The average Bonchev–Trinajstić information content (AvgIpc) is 3.19. The molecule has 0 unspecified atom stereocenters. The summed E-state index contributed by atoms with van der Waals surface area (Å²) < 4.78 is 37.1. The van der Waals surface area contributed by atoms with E-state index >= 15 is 0 Å². The van der Waals surface area contributed by atoms with E-state index in [1.165, 1.54) is 10.5 Å². The molecule has 0 atom stereocenters. The lowest BCUT2D eigenvalue weighted by Gasteiger charge is -2.18. The first kappa shape index (κ1) is 21.1. The summed E-state index contributed by atoms with van der Waals surface area (Å²) in [6.45, 7) is 6.67. The average molecular weight is 419 g/mol. The van der Waals surface area contributed by atoms with Crippen LogP contribution in [-0.4, -0.2) is 43.3 Å². The van der Waals surface area contributed by atoms with E-state index in [9.17, 15) is 8.42 Å². The number of benzene rings is 1. The van der Waals surface area contributed by atoms with Crippen molar-refractivity contribution >= 4 is 21.6 Å². The summed E-state index contributed by atoms with van der Waals surface area (Å²) in [6, 6.07) is 9.08. The van der Waals surface area contributed by atoms with Crippen LogP contribution in [0.25, 0.3) is 0 Å². The second kappa shape index (κ2) is 9.23. The van der Waals surface area contributed by atoms with Gasteiger partial charge in [0.05, 0.1) is 0 Å². The molecule has 9 heteroatoms. The second-order valence-corrected chi connectivity index (χ2v) is 8.55. The topological polar surface area (TPSA) is 93.1 Å². The highest BCUT2D eigenvalue weighted by atomic mass is 32.2. The van der Waals surface area contributed by atoms with Gasteiger partial charge in [-0.2, -0.15) is 9.41 Å². The Kier molecular flexibility index (Phi) is 6.71. The third-order valence-corrected chi connectivity index (χ3v) is 6.69. The van der Waals surface area contributed by atoms with E-state index in [0.717, 1.165) is 35.6 Å². The molecule has 0 radical (unpaired) electrons. The lowest BCUT2D eigenvalue weighted by atomic mass is 10.1. The molecular weight excluding hydrogens is 392 g/mol. The molecule has 1 aliphatic heterocycles. The summed E-state index contributed by atoms with van der Waals surface area (Å²) in [5.41, 5.74) is 4.93. The van der Waals surface area contributed by atoms with Crippen LogP contribution in [0.5, 0.6) is 11.5 Å². The normalized spacial score (nSPS) is 13.7. The summed E-state index contributed by atoms with van der Waals surface area (Å²) in [5.74, 6) is 2.04. The van der Waals surface area contributed by atoms with Gasteiger partial charge in [0.25, 0.3) is 0 Å². The molecule has 29 heavy (non-hydrogen) atoms. The fraction of sp³-hybridized carbons (Fsp3) is 0.400. The van der Waals surface area contributed by atoms with E-state index in [1.807, 2.05) is 39.0 Å². The van der Waals surface area contributed by atoms with Gasteiger partial charge < -0.3 is 9.47 Å². The number of nitrogens with one attached hydrogen (secondary N) is 1. The molecule has 1 aromatic carbocycles. The van der Waals surface area contributed by atoms with Gasteiger partial charge in [-0.25, -0.2) is 13.4 Å². The van der Waals surface area contributed by atoms with Crippen molar-refractivity contribution < 1.29 is 17.9 Å².